The van der Waals surface area contributed by atoms with Gasteiger partial charge in [-0.3, -0.25) is 9.59 Å². The molecular formula is C15H11BrClF3N2O3. The number of ether oxygens (including phenoxy) is 1. The first-order chi connectivity index (χ1) is 11.6. The van der Waals surface area contributed by atoms with Gasteiger partial charge >= 0.3 is 6.18 Å². The van der Waals surface area contributed by atoms with E-state index in [4.69, 9.17) is 16.3 Å². The van der Waals surface area contributed by atoms with Gasteiger partial charge in [-0.15, -0.1) is 0 Å². The van der Waals surface area contributed by atoms with E-state index in [9.17, 15) is 22.8 Å². The number of aromatic amines is 1. The van der Waals surface area contributed by atoms with E-state index in [0.29, 0.717) is 27.5 Å². The van der Waals surface area contributed by atoms with Crippen LogP contribution >= 0.6 is 27.5 Å². The molecule has 2 aromatic rings. The molecule has 0 saturated heterocycles. The predicted octanol–water partition coefficient (Wildman–Crippen LogP) is 4.22. The third kappa shape index (κ3) is 4.99. The van der Waals surface area contributed by atoms with E-state index in [1.807, 2.05) is 4.98 Å². The molecule has 1 unspecified atom stereocenters. The molecule has 5 nitrogen and oxygen atoms in total. The normalized spacial score (nSPS) is 12.6. The van der Waals surface area contributed by atoms with Crippen molar-refractivity contribution in [3.63, 3.8) is 0 Å². The van der Waals surface area contributed by atoms with Crippen LogP contribution in [0.25, 0.3) is 0 Å². The van der Waals surface area contributed by atoms with Gasteiger partial charge in [0.15, 0.2) is 6.10 Å². The van der Waals surface area contributed by atoms with E-state index in [1.54, 1.807) is 12.1 Å². The Morgan fingerprint density at radius 3 is 2.64 bits per heavy atom. The lowest BCUT2D eigenvalue weighted by molar-refractivity contribution is -0.137. The lowest BCUT2D eigenvalue weighted by Crippen LogP contribution is -2.32. The highest BCUT2D eigenvalue weighted by molar-refractivity contribution is 9.10. The number of rotatable bonds is 4. The van der Waals surface area contributed by atoms with Crippen molar-refractivity contribution in [1.29, 1.82) is 0 Å². The highest BCUT2D eigenvalue weighted by Gasteiger charge is 2.31. The van der Waals surface area contributed by atoms with Gasteiger partial charge in [0.25, 0.3) is 11.5 Å². The molecular weight excluding hydrogens is 429 g/mol. The maximum Gasteiger partial charge on any atom is 0.417 e. The average molecular weight is 440 g/mol. The first-order valence-corrected chi connectivity index (χ1v) is 7.97. The fourth-order valence-corrected chi connectivity index (χ4v) is 2.57. The maximum atomic E-state index is 12.7. The van der Waals surface area contributed by atoms with Crippen LogP contribution in [0.5, 0.6) is 5.75 Å². The summed E-state index contributed by atoms with van der Waals surface area (Å²) in [6, 6.07) is 5.18. The number of pyridine rings is 1. The molecule has 1 atom stereocenters. The van der Waals surface area contributed by atoms with Crippen molar-refractivity contribution in [3.8, 4) is 5.75 Å². The summed E-state index contributed by atoms with van der Waals surface area (Å²) in [6.07, 6.45) is -5.20. The molecule has 134 valence electrons. The summed E-state index contributed by atoms with van der Waals surface area (Å²) in [4.78, 5) is 25.6. The van der Waals surface area contributed by atoms with Gasteiger partial charge in [-0.25, -0.2) is 0 Å². The molecule has 10 heteroatoms. The first-order valence-electron chi connectivity index (χ1n) is 6.80. The number of nitrogens with one attached hydrogen (secondary N) is 2. The van der Waals surface area contributed by atoms with Crippen molar-refractivity contribution >= 4 is 39.1 Å². The van der Waals surface area contributed by atoms with Crippen LogP contribution in [0.1, 0.15) is 12.5 Å². The Bertz CT molecular complexity index is 855. The van der Waals surface area contributed by atoms with Crippen molar-refractivity contribution in [3.05, 3.63) is 55.9 Å². The zero-order valence-electron chi connectivity index (χ0n) is 12.6. The molecule has 0 spiro atoms. The molecule has 1 aromatic carbocycles. The van der Waals surface area contributed by atoms with E-state index in [2.05, 4.69) is 21.2 Å². The van der Waals surface area contributed by atoms with E-state index < -0.39 is 35.0 Å². The maximum absolute atomic E-state index is 12.7. The minimum atomic E-state index is -4.65. The molecule has 0 aliphatic carbocycles. The Hall–Kier alpha value is -2.00. The lowest BCUT2D eigenvalue weighted by atomic mass is 10.2. The number of alkyl halides is 3. The number of hydrogen-bond donors (Lipinski definition) is 2. The lowest BCUT2D eigenvalue weighted by Gasteiger charge is -2.16. The number of hydrogen-bond acceptors (Lipinski definition) is 3. The molecule has 0 bridgehead atoms. The van der Waals surface area contributed by atoms with Crippen LogP contribution in [-0.2, 0) is 11.0 Å². The molecule has 1 aromatic heterocycles. The monoisotopic (exact) mass is 438 g/mol. The Kier molecular flexibility index (Phi) is 5.79. The minimum Gasteiger partial charge on any atom is -0.480 e. The van der Waals surface area contributed by atoms with Crippen LogP contribution in [0.4, 0.5) is 18.9 Å². The summed E-state index contributed by atoms with van der Waals surface area (Å²) in [7, 11) is 0. The number of carbonyl (C=O) groups excluding carboxylic acids is 1. The van der Waals surface area contributed by atoms with Gasteiger partial charge in [-0.1, -0.05) is 11.6 Å². The summed E-state index contributed by atoms with van der Waals surface area (Å²) < 4.78 is 44.0. The summed E-state index contributed by atoms with van der Waals surface area (Å²) in [6.45, 7) is 1.39. The Morgan fingerprint density at radius 1 is 1.36 bits per heavy atom. The molecule has 0 aliphatic rings. The van der Waals surface area contributed by atoms with Crippen LogP contribution in [0.2, 0.25) is 5.02 Å². The number of amides is 1. The fourth-order valence-electron chi connectivity index (χ4n) is 1.79. The highest BCUT2D eigenvalue weighted by atomic mass is 79.9. The minimum absolute atomic E-state index is 0.310. The quantitative estimate of drug-likeness (QED) is 0.749. The molecule has 0 radical (unpaired) electrons. The topological polar surface area (TPSA) is 71.2 Å². The van der Waals surface area contributed by atoms with Crippen molar-refractivity contribution in [2.75, 3.05) is 5.32 Å². The first kappa shape index (κ1) is 19.3. The van der Waals surface area contributed by atoms with Gasteiger partial charge in [0.1, 0.15) is 11.4 Å². The van der Waals surface area contributed by atoms with Crippen molar-refractivity contribution in [2.24, 2.45) is 0 Å². The van der Waals surface area contributed by atoms with Gasteiger partial charge < -0.3 is 15.0 Å². The number of halogens is 5. The molecule has 2 N–H and O–H groups in total. The van der Waals surface area contributed by atoms with E-state index >= 15 is 0 Å². The Labute approximate surface area is 153 Å². The third-order valence-corrected chi connectivity index (χ3v) is 3.91. The number of carbonyl (C=O) groups is 1. The SMILES string of the molecule is CC(Oc1ccc(Cl)cc1Br)C(=O)Nc1cc(C(F)(F)F)c[nH]c1=O. The van der Waals surface area contributed by atoms with Gasteiger partial charge in [0, 0.05) is 11.2 Å². The van der Waals surface area contributed by atoms with Crippen LogP contribution < -0.4 is 15.6 Å². The smallest absolute Gasteiger partial charge is 0.417 e. The third-order valence-electron chi connectivity index (χ3n) is 3.06. The zero-order valence-corrected chi connectivity index (χ0v) is 14.9. The molecule has 0 aliphatic heterocycles. The molecule has 1 heterocycles. The van der Waals surface area contributed by atoms with Crippen molar-refractivity contribution in [2.45, 2.75) is 19.2 Å². The molecule has 0 fully saturated rings. The van der Waals surface area contributed by atoms with Crippen LogP contribution in [-0.4, -0.2) is 17.0 Å². The highest BCUT2D eigenvalue weighted by Crippen LogP contribution is 2.30. The van der Waals surface area contributed by atoms with Crippen LogP contribution in [0, 0.1) is 0 Å². The summed E-state index contributed by atoms with van der Waals surface area (Å²) >= 11 is 9.01. The Morgan fingerprint density at radius 2 is 2.04 bits per heavy atom. The summed E-state index contributed by atoms with van der Waals surface area (Å²) in [5, 5.41) is 2.58. The predicted molar refractivity (Wildman–Crippen MR) is 89.9 cm³/mol. The Balaban J connectivity index is 2.15. The van der Waals surface area contributed by atoms with Crippen molar-refractivity contribution < 1.29 is 22.7 Å². The van der Waals surface area contributed by atoms with Gasteiger partial charge in [0.05, 0.1) is 10.0 Å². The second-order valence-corrected chi connectivity index (χ2v) is 6.24. The van der Waals surface area contributed by atoms with Gasteiger partial charge in [-0.05, 0) is 47.1 Å². The number of H-pyrrole nitrogens is 1. The average Bonchev–Trinajstić information content (AvgIpc) is 2.50. The zero-order chi connectivity index (χ0) is 18.8. The van der Waals surface area contributed by atoms with Gasteiger partial charge in [0.2, 0.25) is 0 Å². The molecule has 1 amide bonds. The largest absolute Gasteiger partial charge is 0.480 e. The van der Waals surface area contributed by atoms with E-state index in [-0.39, 0.29) is 0 Å². The number of anilines is 1. The van der Waals surface area contributed by atoms with Crippen molar-refractivity contribution in [1.82, 2.24) is 4.98 Å². The van der Waals surface area contributed by atoms with Crippen LogP contribution in [0.3, 0.4) is 0 Å². The molecule has 0 saturated carbocycles. The second-order valence-electron chi connectivity index (χ2n) is 4.95. The van der Waals surface area contributed by atoms with Gasteiger partial charge in [-0.2, -0.15) is 13.2 Å². The van der Waals surface area contributed by atoms with E-state index in [0.717, 1.165) is 0 Å². The van der Waals surface area contributed by atoms with E-state index in [1.165, 1.54) is 13.0 Å². The standard InChI is InChI=1S/C15H11BrClF3N2O3/c1-7(25-12-3-2-9(17)5-10(12)16)13(23)22-11-4-8(15(18,19)20)6-21-14(11)24/h2-7H,1H3,(H,21,24)(H,22,23). The second kappa shape index (κ2) is 7.49. The van der Waals surface area contributed by atoms with Crippen LogP contribution in [0.15, 0.2) is 39.7 Å². The summed E-state index contributed by atoms with van der Waals surface area (Å²) in [5.41, 5.74) is -2.47. The summed E-state index contributed by atoms with van der Waals surface area (Å²) in [5.74, 6) is -0.475. The number of benzene rings is 1. The fraction of sp³-hybridized carbons (Fsp3) is 0.200. The molecule has 25 heavy (non-hydrogen) atoms. The number of aromatic nitrogens is 1. The molecule has 2 rings (SSSR count).